The van der Waals surface area contributed by atoms with Gasteiger partial charge in [-0.2, -0.15) is 0 Å². The maximum Gasteiger partial charge on any atom is 0.272 e. The molecule has 7 nitrogen and oxygen atoms in total. The average molecular weight is 372 g/mol. The number of carbonyl (C=O) groups excluding carboxylic acids is 2. The summed E-state index contributed by atoms with van der Waals surface area (Å²) in [5.74, 6) is -0.688. The summed E-state index contributed by atoms with van der Waals surface area (Å²) < 4.78 is 20.9. The number of aryl methyl sites for hydroxylation is 1. The molecule has 2 aromatic rings. The number of halogens is 1. The summed E-state index contributed by atoms with van der Waals surface area (Å²) in [6, 6.07) is 5.48. The van der Waals surface area contributed by atoms with Crippen molar-refractivity contribution in [3.63, 3.8) is 0 Å². The Morgan fingerprint density at radius 1 is 1.33 bits per heavy atom. The van der Waals surface area contributed by atoms with Crippen LogP contribution in [0.4, 0.5) is 10.1 Å². The number of piperidine rings is 1. The van der Waals surface area contributed by atoms with Gasteiger partial charge in [0.15, 0.2) is 0 Å². The largest absolute Gasteiger partial charge is 0.363 e. The molecule has 0 radical (unpaired) electrons. The van der Waals surface area contributed by atoms with E-state index in [2.05, 4.69) is 4.98 Å². The molecular formula is C19H21FN4O3. The van der Waals surface area contributed by atoms with Gasteiger partial charge in [-0.3, -0.25) is 9.59 Å². The lowest BCUT2D eigenvalue weighted by Crippen LogP contribution is -2.68. The van der Waals surface area contributed by atoms with Crippen molar-refractivity contribution < 1.29 is 18.7 Å². The Bertz CT molecular complexity index is 881. The molecule has 0 N–H and O–H groups in total. The SMILES string of the molecule is Cn1cncc1C(=O)N1CC[C@@]2(C)OCC(=O)N(c3ccc(F)cc3)[C@@H]2C1. The summed E-state index contributed by atoms with van der Waals surface area (Å²) >= 11 is 0. The van der Waals surface area contributed by atoms with Gasteiger partial charge in [0.1, 0.15) is 18.1 Å². The van der Waals surface area contributed by atoms with Crippen molar-refractivity contribution >= 4 is 17.5 Å². The van der Waals surface area contributed by atoms with Crippen molar-refractivity contribution in [2.75, 3.05) is 24.6 Å². The first kappa shape index (κ1) is 17.7. The summed E-state index contributed by atoms with van der Waals surface area (Å²) in [7, 11) is 1.77. The Morgan fingerprint density at radius 2 is 2.07 bits per heavy atom. The Morgan fingerprint density at radius 3 is 2.74 bits per heavy atom. The van der Waals surface area contributed by atoms with E-state index in [9.17, 15) is 14.0 Å². The van der Waals surface area contributed by atoms with Gasteiger partial charge in [-0.15, -0.1) is 0 Å². The van der Waals surface area contributed by atoms with Crippen LogP contribution in [0, 0.1) is 5.82 Å². The molecule has 0 spiro atoms. The number of rotatable bonds is 2. The van der Waals surface area contributed by atoms with Crippen LogP contribution in [-0.4, -0.2) is 57.6 Å². The van der Waals surface area contributed by atoms with E-state index >= 15 is 0 Å². The van der Waals surface area contributed by atoms with Crippen LogP contribution >= 0.6 is 0 Å². The number of benzene rings is 1. The second-order valence-corrected chi connectivity index (χ2v) is 7.25. The minimum Gasteiger partial charge on any atom is -0.363 e. The molecule has 2 amide bonds. The Kier molecular flexibility index (Phi) is 4.22. The molecule has 8 heteroatoms. The van der Waals surface area contributed by atoms with Crippen molar-refractivity contribution in [3.8, 4) is 0 Å². The number of nitrogens with zero attached hydrogens (tertiary/aromatic N) is 4. The van der Waals surface area contributed by atoms with Crippen molar-refractivity contribution in [1.82, 2.24) is 14.5 Å². The summed E-state index contributed by atoms with van der Waals surface area (Å²) in [6.45, 7) is 2.80. The third-order valence-electron chi connectivity index (χ3n) is 5.51. The maximum absolute atomic E-state index is 13.3. The molecule has 0 aliphatic carbocycles. The van der Waals surface area contributed by atoms with Gasteiger partial charge >= 0.3 is 0 Å². The van der Waals surface area contributed by atoms with Crippen LogP contribution < -0.4 is 4.90 Å². The number of carbonyl (C=O) groups is 2. The molecule has 3 heterocycles. The molecule has 0 saturated carbocycles. The number of ether oxygens (including phenoxy) is 1. The lowest BCUT2D eigenvalue weighted by molar-refractivity contribution is -0.149. The summed E-state index contributed by atoms with van der Waals surface area (Å²) in [6.07, 6.45) is 3.72. The summed E-state index contributed by atoms with van der Waals surface area (Å²) in [4.78, 5) is 32.9. The van der Waals surface area contributed by atoms with Gasteiger partial charge in [-0.25, -0.2) is 9.37 Å². The molecule has 2 atom stereocenters. The second-order valence-electron chi connectivity index (χ2n) is 7.25. The molecular weight excluding hydrogens is 351 g/mol. The van der Waals surface area contributed by atoms with Crippen LogP contribution in [0.3, 0.4) is 0 Å². The van der Waals surface area contributed by atoms with Gasteiger partial charge in [0, 0.05) is 25.8 Å². The Balaban J connectivity index is 1.65. The lowest BCUT2D eigenvalue weighted by atomic mass is 9.85. The highest BCUT2D eigenvalue weighted by Crippen LogP contribution is 2.36. The molecule has 1 aromatic carbocycles. The van der Waals surface area contributed by atoms with Crippen molar-refractivity contribution in [3.05, 3.63) is 48.3 Å². The zero-order chi connectivity index (χ0) is 19.2. The van der Waals surface area contributed by atoms with Crippen LogP contribution in [0.5, 0.6) is 0 Å². The van der Waals surface area contributed by atoms with Gasteiger partial charge in [0.25, 0.3) is 11.8 Å². The van der Waals surface area contributed by atoms with Crippen LogP contribution in [0.1, 0.15) is 23.8 Å². The maximum atomic E-state index is 13.3. The van der Waals surface area contributed by atoms with E-state index in [1.807, 2.05) is 6.92 Å². The fraction of sp³-hybridized carbons (Fsp3) is 0.421. The predicted molar refractivity (Wildman–Crippen MR) is 95.8 cm³/mol. The van der Waals surface area contributed by atoms with Crippen molar-refractivity contribution in [2.45, 2.75) is 25.0 Å². The Hall–Kier alpha value is -2.74. The van der Waals surface area contributed by atoms with Crippen molar-refractivity contribution in [1.29, 1.82) is 0 Å². The zero-order valence-electron chi connectivity index (χ0n) is 15.3. The fourth-order valence-electron chi connectivity index (χ4n) is 3.85. The number of hydrogen-bond acceptors (Lipinski definition) is 4. The zero-order valence-corrected chi connectivity index (χ0v) is 15.3. The van der Waals surface area contributed by atoms with E-state index in [1.165, 1.54) is 18.3 Å². The molecule has 2 aliphatic heterocycles. The first-order chi connectivity index (χ1) is 12.9. The fourth-order valence-corrected chi connectivity index (χ4v) is 3.85. The molecule has 1 aromatic heterocycles. The topological polar surface area (TPSA) is 67.7 Å². The number of hydrogen-bond donors (Lipinski definition) is 0. The van der Waals surface area contributed by atoms with E-state index in [0.29, 0.717) is 30.9 Å². The highest BCUT2D eigenvalue weighted by Gasteiger charge is 2.50. The predicted octanol–water partition coefficient (Wildman–Crippen LogP) is 1.60. The minimum atomic E-state index is -0.564. The number of morpholine rings is 1. The monoisotopic (exact) mass is 372 g/mol. The molecule has 27 heavy (non-hydrogen) atoms. The van der Waals surface area contributed by atoms with Gasteiger partial charge in [0.2, 0.25) is 0 Å². The molecule has 0 bridgehead atoms. The van der Waals surface area contributed by atoms with Gasteiger partial charge in [0.05, 0.1) is 24.2 Å². The normalized spacial score (nSPS) is 25.4. The first-order valence-corrected chi connectivity index (χ1v) is 8.86. The van der Waals surface area contributed by atoms with E-state index in [-0.39, 0.29) is 30.3 Å². The first-order valence-electron chi connectivity index (χ1n) is 8.86. The van der Waals surface area contributed by atoms with Crippen molar-refractivity contribution in [2.24, 2.45) is 7.05 Å². The molecule has 4 rings (SSSR count). The third-order valence-corrected chi connectivity index (χ3v) is 5.51. The van der Waals surface area contributed by atoms with E-state index in [1.54, 1.807) is 39.9 Å². The summed E-state index contributed by atoms with van der Waals surface area (Å²) in [5, 5.41) is 0. The van der Waals surface area contributed by atoms with Gasteiger partial charge < -0.3 is 19.1 Å². The Labute approximate surface area is 156 Å². The molecule has 2 aliphatic rings. The number of fused-ring (bicyclic) bond motifs is 1. The third kappa shape index (κ3) is 2.99. The van der Waals surface area contributed by atoms with Gasteiger partial charge in [-0.05, 0) is 37.6 Å². The highest BCUT2D eigenvalue weighted by molar-refractivity contribution is 5.97. The second kappa shape index (κ2) is 6.45. The van der Waals surface area contributed by atoms with E-state index in [4.69, 9.17) is 4.74 Å². The van der Waals surface area contributed by atoms with Crippen LogP contribution in [0.15, 0.2) is 36.8 Å². The molecule has 2 saturated heterocycles. The molecule has 142 valence electrons. The summed E-state index contributed by atoms with van der Waals surface area (Å²) in [5.41, 5.74) is 0.539. The van der Waals surface area contributed by atoms with Gasteiger partial charge in [-0.1, -0.05) is 0 Å². The quantitative estimate of drug-likeness (QED) is 0.803. The van der Waals surface area contributed by atoms with Crippen LogP contribution in [0.25, 0.3) is 0 Å². The van der Waals surface area contributed by atoms with Crippen LogP contribution in [-0.2, 0) is 16.6 Å². The molecule has 2 fully saturated rings. The van der Waals surface area contributed by atoms with Crippen LogP contribution in [0.2, 0.25) is 0 Å². The smallest absolute Gasteiger partial charge is 0.272 e. The number of anilines is 1. The highest BCUT2D eigenvalue weighted by atomic mass is 19.1. The van der Waals surface area contributed by atoms with E-state index in [0.717, 1.165) is 0 Å². The minimum absolute atomic E-state index is 0.0277. The lowest BCUT2D eigenvalue weighted by Gasteiger charge is -2.52. The number of aromatic nitrogens is 2. The number of imidazole rings is 1. The number of amides is 2. The molecule has 0 unspecified atom stereocenters. The van der Waals surface area contributed by atoms with E-state index < -0.39 is 5.60 Å². The standard InChI is InChI=1S/C19H21FN4O3/c1-19-7-8-23(18(26)15-9-21-12-22(15)2)10-16(19)24(17(25)11-27-19)14-5-3-13(20)4-6-14/h3-6,9,12,16H,7-8,10-11H2,1-2H3/t16-,19-/m1/s1. The number of likely N-dealkylation sites (tertiary alicyclic amines) is 1. The average Bonchev–Trinajstić information content (AvgIpc) is 3.08.